The van der Waals surface area contributed by atoms with Gasteiger partial charge >= 0.3 is 5.69 Å². The van der Waals surface area contributed by atoms with Gasteiger partial charge in [0.25, 0.3) is 5.56 Å². The van der Waals surface area contributed by atoms with Crippen LogP contribution in [0, 0.1) is 0 Å². The second-order valence-corrected chi connectivity index (χ2v) is 9.45. The quantitative estimate of drug-likeness (QED) is 0.241. The van der Waals surface area contributed by atoms with E-state index < -0.39 is 0 Å². The monoisotopic (exact) mass is 466 g/mol. The Labute approximate surface area is 202 Å². The van der Waals surface area contributed by atoms with Gasteiger partial charge in [0.1, 0.15) is 11.0 Å². The van der Waals surface area contributed by atoms with E-state index in [9.17, 15) is 9.59 Å². The normalized spacial score (nSPS) is 12.3. The molecule has 34 heavy (non-hydrogen) atoms. The van der Waals surface area contributed by atoms with Crippen molar-refractivity contribution in [3.63, 3.8) is 0 Å². The number of H-pyrrole nitrogens is 1. The summed E-state index contributed by atoms with van der Waals surface area (Å²) in [4.78, 5) is 33.8. The molecule has 6 nitrogen and oxygen atoms in total. The second kappa shape index (κ2) is 13.3. The molecule has 0 fully saturated rings. The molecule has 0 aliphatic carbocycles. The van der Waals surface area contributed by atoms with Crippen molar-refractivity contribution in [1.82, 2.24) is 14.1 Å². The number of hydrogen-bond donors (Lipinski definition) is 1. The molecule has 6 heteroatoms. The van der Waals surface area contributed by atoms with Gasteiger partial charge in [0.2, 0.25) is 0 Å². The average molecular weight is 467 g/mol. The molecule has 1 N–H and O–H groups in total. The molecule has 0 aliphatic heterocycles. The van der Waals surface area contributed by atoms with Gasteiger partial charge in [-0.05, 0) is 18.9 Å². The van der Waals surface area contributed by atoms with Crippen molar-refractivity contribution in [1.29, 1.82) is 0 Å². The smallest absolute Gasteiger partial charge is 0.326 e. The van der Waals surface area contributed by atoms with Gasteiger partial charge < -0.3 is 4.57 Å². The zero-order chi connectivity index (χ0) is 24.3. The molecular weight excluding hydrogens is 424 g/mol. The van der Waals surface area contributed by atoms with E-state index in [1.54, 1.807) is 0 Å². The molecule has 0 radical (unpaired) electrons. The second-order valence-electron chi connectivity index (χ2n) is 9.45. The molecule has 0 saturated heterocycles. The molecule has 0 aliphatic rings. The molecule has 0 amide bonds. The maximum absolute atomic E-state index is 13.3. The highest BCUT2D eigenvalue weighted by Gasteiger charge is 2.15. The van der Waals surface area contributed by atoms with Gasteiger partial charge in [0, 0.05) is 25.5 Å². The van der Waals surface area contributed by atoms with Crippen molar-refractivity contribution >= 4 is 21.9 Å². The van der Waals surface area contributed by atoms with Crippen LogP contribution in [-0.4, -0.2) is 20.7 Å². The van der Waals surface area contributed by atoms with E-state index in [0.29, 0.717) is 17.6 Å². The van der Waals surface area contributed by atoms with E-state index in [1.165, 1.54) is 58.4 Å². The van der Waals surface area contributed by atoms with Crippen molar-refractivity contribution in [2.24, 2.45) is 12.0 Å². The fourth-order valence-electron chi connectivity index (χ4n) is 4.72. The van der Waals surface area contributed by atoms with Crippen LogP contribution in [0.2, 0.25) is 0 Å². The van der Waals surface area contributed by atoms with E-state index in [0.717, 1.165) is 53.1 Å². The van der Waals surface area contributed by atoms with Crippen LogP contribution < -0.4 is 16.6 Å². The zero-order valence-corrected chi connectivity index (χ0v) is 21.4. The highest BCUT2D eigenvalue weighted by molar-refractivity contribution is 5.91. The summed E-state index contributed by atoms with van der Waals surface area (Å²) in [6.07, 6.45) is 14.3. The van der Waals surface area contributed by atoms with Gasteiger partial charge in [0.15, 0.2) is 0 Å². The van der Waals surface area contributed by atoms with Crippen molar-refractivity contribution < 1.29 is 0 Å². The number of rotatable bonds is 14. The van der Waals surface area contributed by atoms with E-state index in [2.05, 4.69) is 35.5 Å². The molecule has 0 unspecified atom stereocenters. The number of hydrogen-bond acceptors (Lipinski definition) is 3. The van der Waals surface area contributed by atoms with Crippen molar-refractivity contribution in [2.45, 2.75) is 97.4 Å². The van der Waals surface area contributed by atoms with Crippen LogP contribution in [0.1, 0.15) is 90.9 Å². The number of pyridine rings is 1. The van der Waals surface area contributed by atoms with Crippen LogP contribution in [0.3, 0.4) is 0 Å². The summed E-state index contributed by atoms with van der Waals surface area (Å²) < 4.78 is 3.28. The van der Waals surface area contributed by atoms with Crippen molar-refractivity contribution in [3.05, 3.63) is 50.5 Å². The molecular formula is C28H42N4O2. The summed E-state index contributed by atoms with van der Waals surface area (Å²) in [5.74, 6) is 0. The molecule has 3 aromatic rings. The number of aryl methyl sites for hydroxylation is 1. The third-order valence-corrected chi connectivity index (χ3v) is 6.76. The Morgan fingerprint density at radius 2 is 1.44 bits per heavy atom. The van der Waals surface area contributed by atoms with Gasteiger partial charge in [-0.2, -0.15) is 0 Å². The predicted octanol–water partition coefficient (Wildman–Crippen LogP) is 5.80. The summed E-state index contributed by atoms with van der Waals surface area (Å²) in [6.45, 7) is 5.91. The molecule has 3 rings (SSSR count). The van der Waals surface area contributed by atoms with Crippen molar-refractivity contribution in [3.8, 4) is 0 Å². The largest absolute Gasteiger partial charge is 0.329 e. The average Bonchev–Trinajstić information content (AvgIpc) is 2.85. The van der Waals surface area contributed by atoms with Gasteiger partial charge in [-0.3, -0.25) is 19.3 Å². The van der Waals surface area contributed by atoms with Gasteiger partial charge in [-0.15, -0.1) is 0 Å². The molecule has 0 spiro atoms. The minimum Gasteiger partial charge on any atom is -0.326 e. The lowest BCUT2D eigenvalue weighted by Gasteiger charge is -2.16. The number of nitrogens with zero attached hydrogens (tertiary/aromatic N) is 3. The Bertz CT molecular complexity index is 1250. The first-order valence-electron chi connectivity index (χ1n) is 13.3. The third-order valence-electron chi connectivity index (χ3n) is 6.76. The Hall–Kier alpha value is -2.63. The minimum atomic E-state index is -0.383. The highest BCUT2D eigenvalue weighted by Crippen LogP contribution is 2.17. The number of nitrogens with one attached hydrogen (secondary N) is 1. The first-order valence-corrected chi connectivity index (χ1v) is 13.3. The highest BCUT2D eigenvalue weighted by atomic mass is 16.2. The summed E-state index contributed by atoms with van der Waals surface area (Å²) >= 11 is 0. The fraction of sp³-hybridized carbons (Fsp3) is 0.607. The maximum atomic E-state index is 13.3. The molecule has 2 aromatic heterocycles. The summed E-state index contributed by atoms with van der Waals surface area (Å²) in [5, 5.41) is 2.23. The summed E-state index contributed by atoms with van der Waals surface area (Å²) in [7, 11) is 1.53. The Morgan fingerprint density at radius 3 is 2.15 bits per heavy atom. The topological polar surface area (TPSA) is 72.2 Å². The number of benzene rings is 1. The number of para-hydroxylation sites is 1. The number of unbranched alkanes of at least 4 members (excludes halogenated alkanes) is 10. The summed E-state index contributed by atoms with van der Waals surface area (Å²) in [6, 6.07) is 8.15. The lowest BCUT2D eigenvalue weighted by atomic mass is 10.1. The predicted molar refractivity (Wildman–Crippen MR) is 142 cm³/mol. The van der Waals surface area contributed by atoms with Gasteiger partial charge in [-0.25, -0.2) is 4.79 Å². The van der Waals surface area contributed by atoms with E-state index in [-0.39, 0.29) is 11.2 Å². The van der Waals surface area contributed by atoms with Crippen LogP contribution in [0.4, 0.5) is 0 Å². The Kier molecular flexibility index (Phi) is 10.2. The van der Waals surface area contributed by atoms with Gasteiger partial charge in [0.05, 0.1) is 10.9 Å². The molecule has 1 aromatic carbocycles. The number of aromatic nitrogens is 3. The number of fused-ring (bicyclic) bond motifs is 2. The van der Waals surface area contributed by atoms with E-state index in [4.69, 9.17) is 4.99 Å². The van der Waals surface area contributed by atoms with Crippen molar-refractivity contribution in [2.75, 3.05) is 6.54 Å². The standard InChI is InChI=1S/C28H42N4O2/c1-4-6-8-10-12-16-20-29-25-22-18-14-15-19-23(22)32(21-17-13-11-9-7-5-2)26-24(25)27(33)31(3)28(34)30-26/h14-15,18-19H,4-13,16-17,20-21H2,1-3H3,(H,30,34). The molecule has 2 heterocycles. The van der Waals surface area contributed by atoms with Crippen LogP contribution in [0.15, 0.2) is 38.8 Å². The van der Waals surface area contributed by atoms with Crippen LogP contribution in [0.25, 0.3) is 21.9 Å². The Balaban J connectivity index is 2.02. The van der Waals surface area contributed by atoms with Crippen LogP contribution >= 0.6 is 0 Å². The van der Waals surface area contributed by atoms with Crippen LogP contribution in [-0.2, 0) is 13.6 Å². The zero-order valence-electron chi connectivity index (χ0n) is 21.4. The SMILES string of the molecule is CCCCCCCCN=c1c2ccccc2n(CCCCCCCC)c2[nH]c(=O)n(C)c(=O)c12. The lowest BCUT2D eigenvalue weighted by Crippen LogP contribution is -2.36. The first kappa shape index (κ1) is 26.0. The maximum Gasteiger partial charge on any atom is 0.329 e. The fourth-order valence-corrected chi connectivity index (χ4v) is 4.72. The first-order chi connectivity index (χ1) is 16.6. The van der Waals surface area contributed by atoms with Gasteiger partial charge in [-0.1, -0.05) is 96.3 Å². The van der Waals surface area contributed by atoms with E-state index >= 15 is 0 Å². The third kappa shape index (κ3) is 6.28. The minimum absolute atomic E-state index is 0.275. The Morgan fingerprint density at radius 1 is 0.824 bits per heavy atom. The molecule has 186 valence electrons. The van der Waals surface area contributed by atoms with E-state index in [1.807, 2.05) is 12.1 Å². The molecule has 0 saturated carbocycles. The lowest BCUT2D eigenvalue weighted by molar-refractivity contribution is 0.568. The number of aromatic amines is 1. The molecule has 0 atom stereocenters. The van der Waals surface area contributed by atoms with Crippen LogP contribution in [0.5, 0.6) is 0 Å². The summed E-state index contributed by atoms with van der Waals surface area (Å²) in [5.41, 5.74) is 0.963. The molecule has 0 bridgehead atoms.